The van der Waals surface area contributed by atoms with E-state index in [2.05, 4.69) is 112 Å². The number of carbonyl (C=O) groups is 9. The Morgan fingerprint density at radius 1 is 0.563 bits per heavy atom. The molecule has 0 bridgehead atoms. The minimum Gasteiger partial charge on any atom is -0.497 e. The summed E-state index contributed by atoms with van der Waals surface area (Å²) < 4.78 is 19.1. The summed E-state index contributed by atoms with van der Waals surface area (Å²) in [4.78, 5) is 128. The zero-order valence-corrected chi connectivity index (χ0v) is 87.4. The fraction of sp³-hybridized carbons (Fsp3) is 0.701. The number of piperazine rings is 1. The van der Waals surface area contributed by atoms with Crippen molar-refractivity contribution in [1.29, 1.82) is 0 Å². The number of aromatic nitrogens is 1. The van der Waals surface area contributed by atoms with Crippen LogP contribution >= 0.6 is 58.4 Å². The molecule has 0 unspecified atom stereocenters. The molecule has 1 saturated heterocycles. The number of rotatable bonds is 32. The van der Waals surface area contributed by atoms with E-state index >= 15 is 0 Å². The number of Topliss-reactive ketones (excluding diaryl/α,β-unsaturated/α-hetero) is 6. The zero-order valence-electron chi connectivity index (χ0n) is 83.4. The van der Waals surface area contributed by atoms with Gasteiger partial charge in [0.15, 0.2) is 4.34 Å². The first-order valence-electron chi connectivity index (χ1n) is 43.7. The summed E-state index contributed by atoms with van der Waals surface area (Å²) in [6.07, 6.45) is 6.06. The van der Waals surface area contributed by atoms with E-state index in [1.165, 1.54) is 17.3 Å². The highest BCUT2D eigenvalue weighted by Gasteiger charge is 2.28. The Morgan fingerprint density at radius 2 is 1.02 bits per heavy atom. The fourth-order valence-electron chi connectivity index (χ4n) is 9.50. The van der Waals surface area contributed by atoms with E-state index < -0.39 is 11.4 Å². The van der Waals surface area contributed by atoms with Crippen LogP contribution in [0.15, 0.2) is 76.1 Å². The van der Waals surface area contributed by atoms with Gasteiger partial charge in [-0.05, 0) is 123 Å². The van der Waals surface area contributed by atoms with Gasteiger partial charge in [-0.25, -0.2) is 4.98 Å². The van der Waals surface area contributed by atoms with Gasteiger partial charge in [-0.3, -0.25) is 58.3 Å². The molecule has 0 saturated carbocycles. The summed E-state index contributed by atoms with van der Waals surface area (Å²) in [7, 11) is 9.49. The molecule has 0 atom stereocenters. The van der Waals surface area contributed by atoms with Crippen molar-refractivity contribution in [3.05, 3.63) is 88.0 Å². The van der Waals surface area contributed by atoms with Gasteiger partial charge in [0, 0.05) is 134 Å². The molecule has 1 fully saturated rings. The molecule has 0 spiro atoms. The van der Waals surface area contributed by atoms with Gasteiger partial charge in [-0.2, -0.15) is 11.8 Å². The third kappa shape index (κ3) is 67.8. The number of nitrogens with zero attached hydrogens (tertiary/aromatic N) is 6. The lowest BCUT2D eigenvalue weighted by Crippen LogP contribution is -2.47. The Balaban J connectivity index is -0.00000137. The van der Waals surface area contributed by atoms with Gasteiger partial charge in [-0.15, -0.1) is 11.3 Å². The predicted molar refractivity (Wildman–Crippen MR) is 531 cm³/mol. The lowest BCUT2D eigenvalue weighted by molar-refractivity contribution is -0.482. The Kier molecular flexibility index (Phi) is 61.0. The second-order valence-corrected chi connectivity index (χ2v) is 46.8. The molecular weight excluding hydrogens is 1690 g/mol. The molecule has 2 aliphatic rings. The summed E-state index contributed by atoms with van der Waals surface area (Å²) in [5.41, 5.74) is 7.65. The molecule has 2 amide bonds. The number of aliphatic hydroxyl groups excluding tert-OH is 1. The van der Waals surface area contributed by atoms with E-state index in [1.54, 1.807) is 81.6 Å². The maximum absolute atomic E-state index is 11.9. The number of fused-ring (bicyclic) bond motifs is 1. The summed E-state index contributed by atoms with van der Waals surface area (Å²) in [5.74, 6) is 6.34. The minimum absolute atomic E-state index is 0.0000926. The molecule has 4 aromatic rings. The number of carbonyl (C=O) groups excluding carboxylic acids is 8. The number of aliphatic imine (C=N–C) groups is 1. The SMILES string of the molecule is CC(C)(C)C(=O)CCC(=O)O.CC(C)(C)C(=O)CSC1=NCCS1.CC(C)(C)C(=O)CSCCCO.CC(C)(C)CCN.CC(C)(C)CC[N+](=O)[O-].CN(C)CCCOc1ccc(CC(C)(C)C)cc1.CN1CCN(C(=O)CCC(=O)C(C)(C)C)CC1.COc1ccc(CNC(=O)CCC(=O)C(C)(C)C)cc1.COc1ccc2sc(SCC(=O)C(C)(C)C)nc2c1. The van der Waals surface area contributed by atoms with E-state index in [0.717, 1.165) is 131 Å². The van der Waals surface area contributed by atoms with Crippen molar-refractivity contribution in [2.75, 3.05) is 130 Å². The minimum atomic E-state index is -0.914. The van der Waals surface area contributed by atoms with Crippen LogP contribution in [0.1, 0.15) is 262 Å². The summed E-state index contributed by atoms with van der Waals surface area (Å²) >= 11 is 8.07. The number of thiazole rings is 1. The molecule has 3 heterocycles. The number of carboxylic acid groups (broad SMARTS) is 1. The van der Waals surface area contributed by atoms with E-state index in [9.17, 15) is 53.3 Å². The van der Waals surface area contributed by atoms with Crippen LogP contribution in [0.2, 0.25) is 0 Å². The number of aliphatic hydroxyl groups is 1. The summed E-state index contributed by atoms with van der Waals surface area (Å²) in [6.45, 7) is 61.3. The number of carboxylic acids is 1. The fourth-order valence-corrected chi connectivity index (χ4v) is 15.0. The lowest BCUT2D eigenvalue weighted by atomic mass is 9.88. The normalized spacial score (nSPS) is 13.0. The number of hydrogen-bond donors (Lipinski definition) is 4. The first kappa shape index (κ1) is 124. The smallest absolute Gasteiger partial charge is 0.303 e. The standard InChI is InChI=1S/C16H23NO3.C16H27NO.C14H17NO2S2.C13H24N2O2.C9H15NOS2.C9H18O2S.C8H14O3.C6H13NO2.C6H15N/c1-16(2,3)14(18)9-10-15(19)17-11-12-5-7-13(20-4)8-6-12;1-16(2,3)13-14-7-9-15(10-8-14)18-12-6-11-17(4)5;1-14(2,3)12(16)8-18-13-15-10-7-9(17-4)5-6-11(10)19-13;1-13(2,3)11(16)5-6-12(17)15-9-7-14(4)8-10-15;1-9(2,3)7(11)6-13-8-10-4-5-12-8;1-9(2,3)8(11)7-12-6-4-5-10;1-8(2,3)6(9)4-5-7(10)11;1-6(2,3)4-5-7(8)9;1-6(2,3)4-5-7/h5-8H,9-11H2,1-4H3,(H,17,19);7-10H,6,11-13H2,1-5H3;5-7H,8H2,1-4H3;5-10H2,1-4H3;4-6H2,1-3H3;10H,4-7H2,1-3H3;4-5H2,1-3H3,(H,10,11);4-5H2,1-3H3;4-5,7H2,1-3H3. The van der Waals surface area contributed by atoms with Gasteiger partial charge in [0.05, 0.1) is 61.3 Å². The summed E-state index contributed by atoms with van der Waals surface area (Å²) in [6, 6.07) is 21.9. The molecule has 2 aliphatic heterocycles. The van der Waals surface area contributed by atoms with Crippen molar-refractivity contribution in [2.24, 2.45) is 59.5 Å². The number of amides is 2. The quantitative estimate of drug-likeness (QED) is 0.0153. The van der Waals surface area contributed by atoms with Gasteiger partial charge >= 0.3 is 5.97 Å². The van der Waals surface area contributed by atoms with E-state index in [-0.39, 0.29) is 117 Å². The van der Waals surface area contributed by atoms with Crippen LogP contribution in [0.3, 0.4) is 0 Å². The van der Waals surface area contributed by atoms with Crippen LogP contribution in [0.5, 0.6) is 17.2 Å². The van der Waals surface area contributed by atoms with Crippen LogP contribution < -0.4 is 25.3 Å². The van der Waals surface area contributed by atoms with Crippen molar-refractivity contribution >= 4 is 125 Å². The highest BCUT2D eigenvalue weighted by molar-refractivity contribution is 8.39. The first-order chi connectivity index (χ1) is 57.7. The van der Waals surface area contributed by atoms with Gasteiger partial charge in [0.1, 0.15) is 56.3 Å². The number of ether oxygens (including phenoxy) is 3. The van der Waals surface area contributed by atoms with Crippen LogP contribution in [-0.2, 0) is 56.1 Å². The van der Waals surface area contributed by atoms with Crippen LogP contribution in [0.25, 0.3) is 10.2 Å². The number of ketones is 6. The maximum Gasteiger partial charge on any atom is 0.303 e. The molecule has 3 aromatic carbocycles. The lowest BCUT2D eigenvalue weighted by Gasteiger charge is -2.32. The zero-order chi connectivity index (χ0) is 97.8. The molecule has 6 rings (SSSR count). The molecule has 1 aromatic heterocycles. The third-order valence-corrected chi connectivity index (χ3v) is 23.8. The number of hydrogen-bond acceptors (Lipinski definition) is 25. The Hall–Kier alpha value is -6.31. The van der Waals surface area contributed by atoms with E-state index in [4.69, 9.17) is 30.2 Å². The average Bonchev–Trinajstić information content (AvgIpc) is 1.68. The van der Waals surface area contributed by atoms with Gasteiger partial charge < -0.3 is 50.2 Å². The van der Waals surface area contributed by atoms with Crippen LogP contribution in [-0.4, -0.2) is 221 Å². The number of benzene rings is 3. The number of nitro groups is 1. The van der Waals surface area contributed by atoms with Crippen molar-refractivity contribution < 1.29 is 72.5 Å². The number of thioether (sulfide) groups is 4. The Labute approximate surface area is 780 Å². The Bertz CT molecular complexity index is 3850. The van der Waals surface area contributed by atoms with Crippen molar-refractivity contribution in [2.45, 2.75) is 268 Å². The van der Waals surface area contributed by atoms with E-state index in [0.29, 0.717) is 59.7 Å². The van der Waals surface area contributed by atoms with Gasteiger partial charge in [-0.1, -0.05) is 246 Å². The molecule has 126 heavy (non-hydrogen) atoms. The number of nitrogens with one attached hydrogen (secondary N) is 1. The largest absolute Gasteiger partial charge is 0.497 e. The number of likely N-dealkylation sites (N-methyl/N-ethyl adjacent to an activating group) is 1. The second kappa shape index (κ2) is 62.1. The molecule has 0 radical (unpaired) electrons. The van der Waals surface area contributed by atoms with Gasteiger partial charge in [0.2, 0.25) is 18.4 Å². The maximum atomic E-state index is 11.9. The van der Waals surface area contributed by atoms with Gasteiger partial charge in [0.25, 0.3) is 0 Å². The monoisotopic (exact) mass is 1860 g/mol. The number of methoxy groups -OCH3 is 2. The Morgan fingerprint density at radius 3 is 1.42 bits per heavy atom. The molecular formula is C97H166N8O16S5. The number of nitrogens with two attached hydrogens (primary N) is 1. The summed E-state index contributed by atoms with van der Waals surface area (Å²) in [5, 5.41) is 29.4. The first-order valence-corrected chi connectivity index (χ1v) is 48.6. The van der Waals surface area contributed by atoms with Crippen molar-refractivity contribution in [1.82, 2.24) is 25.0 Å². The molecule has 29 heteroatoms. The highest BCUT2D eigenvalue weighted by Crippen LogP contribution is 2.34. The van der Waals surface area contributed by atoms with E-state index in [1.807, 2.05) is 172 Å². The van der Waals surface area contributed by atoms with Crippen molar-refractivity contribution in [3.63, 3.8) is 0 Å². The second-order valence-electron chi connectivity index (χ2n) is 41.1. The van der Waals surface area contributed by atoms with Crippen LogP contribution in [0, 0.1) is 58.8 Å². The topological polar surface area (TPSA) is 338 Å². The number of aliphatic carboxylic acids is 1. The molecule has 5 N–H and O–H groups in total. The predicted octanol–water partition coefficient (Wildman–Crippen LogP) is 20.2. The van der Waals surface area contributed by atoms with Crippen molar-refractivity contribution in [3.8, 4) is 17.2 Å². The molecule has 720 valence electrons. The molecule has 24 nitrogen and oxygen atoms in total. The molecule has 0 aliphatic carbocycles. The third-order valence-electron chi connectivity index (χ3n) is 18.3. The average molecular weight is 1860 g/mol. The highest BCUT2D eigenvalue weighted by atomic mass is 32.2. The van der Waals surface area contributed by atoms with Crippen LogP contribution in [0.4, 0.5) is 0 Å².